The minimum absolute atomic E-state index is 0.140. The van der Waals surface area contributed by atoms with Crippen LogP contribution in [0.25, 0.3) is 16.6 Å². The summed E-state index contributed by atoms with van der Waals surface area (Å²) in [4.78, 5) is 29.7. The van der Waals surface area contributed by atoms with E-state index in [0.717, 1.165) is 12.1 Å². The molecule has 0 aliphatic heterocycles. The van der Waals surface area contributed by atoms with Crippen LogP contribution in [-0.4, -0.2) is 15.5 Å². The Balaban J connectivity index is 1.53. The quantitative estimate of drug-likeness (QED) is 0.506. The van der Waals surface area contributed by atoms with Crippen LogP contribution in [0.15, 0.2) is 83.9 Å². The minimum Gasteiger partial charge on any atom is -0.322 e. The van der Waals surface area contributed by atoms with Crippen molar-refractivity contribution < 1.29 is 4.79 Å². The molecule has 1 unspecified atom stereocenters. The largest absolute Gasteiger partial charge is 0.322 e. The maximum absolute atomic E-state index is 12.7. The first-order chi connectivity index (χ1) is 14.6. The minimum atomic E-state index is -0.193. The monoisotopic (exact) mass is 397 g/mol. The Morgan fingerprint density at radius 2 is 1.70 bits per heavy atom. The van der Waals surface area contributed by atoms with Crippen LogP contribution in [0.1, 0.15) is 42.1 Å². The van der Waals surface area contributed by atoms with Gasteiger partial charge < -0.3 is 5.32 Å². The SMILES string of the molecule is CCC(C)c1ccc(NC(=O)c2ccc(-n3cnc4ccccc4c3=O)cc2)cc1. The molecule has 4 rings (SSSR count). The third kappa shape index (κ3) is 3.87. The van der Waals surface area contributed by atoms with Gasteiger partial charge in [0.15, 0.2) is 0 Å². The van der Waals surface area contributed by atoms with E-state index in [4.69, 9.17) is 0 Å². The average Bonchev–Trinajstić information content (AvgIpc) is 2.79. The first kappa shape index (κ1) is 19.6. The predicted molar refractivity (Wildman–Crippen MR) is 120 cm³/mol. The summed E-state index contributed by atoms with van der Waals surface area (Å²) in [6, 6.07) is 22.1. The molecule has 5 nitrogen and oxygen atoms in total. The molecule has 1 heterocycles. The molecule has 0 bridgehead atoms. The van der Waals surface area contributed by atoms with Gasteiger partial charge in [0.05, 0.1) is 16.6 Å². The van der Waals surface area contributed by atoms with Gasteiger partial charge in [0, 0.05) is 11.3 Å². The highest BCUT2D eigenvalue weighted by Crippen LogP contribution is 2.21. The smallest absolute Gasteiger partial charge is 0.265 e. The molecule has 1 N–H and O–H groups in total. The zero-order valence-electron chi connectivity index (χ0n) is 17.0. The van der Waals surface area contributed by atoms with Crippen LogP contribution in [0.2, 0.25) is 0 Å². The Bertz CT molecular complexity index is 1240. The lowest BCUT2D eigenvalue weighted by molar-refractivity contribution is 0.102. The molecule has 0 fully saturated rings. The van der Waals surface area contributed by atoms with E-state index in [9.17, 15) is 9.59 Å². The van der Waals surface area contributed by atoms with Gasteiger partial charge in [0.2, 0.25) is 0 Å². The van der Waals surface area contributed by atoms with Crippen LogP contribution >= 0.6 is 0 Å². The highest BCUT2D eigenvalue weighted by molar-refractivity contribution is 6.04. The van der Waals surface area contributed by atoms with Gasteiger partial charge in [-0.25, -0.2) is 4.98 Å². The summed E-state index contributed by atoms with van der Waals surface area (Å²) >= 11 is 0. The first-order valence-electron chi connectivity index (χ1n) is 10.0. The number of rotatable bonds is 5. The normalized spacial score (nSPS) is 11.9. The summed E-state index contributed by atoms with van der Waals surface area (Å²) in [6.45, 7) is 4.34. The molecule has 1 amide bonds. The summed E-state index contributed by atoms with van der Waals surface area (Å²) in [5, 5.41) is 3.48. The van der Waals surface area contributed by atoms with Gasteiger partial charge in [-0.3, -0.25) is 14.2 Å². The molecule has 0 saturated heterocycles. The Hall–Kier alpha value is -3.73. The van der Waals surface area contributed by atoms with E-state index in [1.165, 1.54) is 16.5 Å². The van der Waals surface area contributed by atoms with Gasteiger partial charge in [-0.15, -0.1) is 0 Å². The molecule has 3 aromatic carbocycles. The fourth-order valence-electron chi connectivity index (χ4n) is 3.36. The lowest BCUT2D eigenvalue weighted by atomic mass is 9.98. The molecule has 1 atom stereocenters. The second-order valence-electron chi connectivity index (χ2n) is 7.37. The number of nitrogens with zero attached hydrogens (tertiary/aromatic N) is 2. The molecule has 0 aliphatic carbocycles. The average molecular weight is 397 g/mol. The van der Waals surface area contributed by atoms with Crippen molar-refractivity contribution in [2.45, 2.75) is 26.2 Å². The van der Waals surface area contributed by atoms with Gasteiger partial charge in [-0.2, -0.15) is 0 Å². The fourth-order valence-corrected chi connectivity index (χ4v) is 3.36. The van der Waals surface area contributed by atoms with Crippen molar-refractivity contribution in [2.24, 2.45) is 0 Å². The highest BCUT2D eigenvalue weighted by Gasteiger charge is 2.09. The number of hydrogen-bond donors (Lipinski definition) is 1. The van der Waals surface area contributed by atoms with E-state index in [-0.39, 0.29) is 11.5 Å². The summed E-state index contributed by atoms with van der Waals surface area (Å²) in [7, 11) is 0. The predicted octanol–water partition coefficient (Wildman–Crippen LogP) is 5.15. The third-order valence-electron chi connectivity index (χ3n) is 5.42. The molecule has 150 valence electrons. The second kappa shape index (κ2) is 8.33. The maximum Gasteiger partial charge on any atom is 0.265 e. The molecule has 5 heteroatoms. The van der Waals surface area contributed by atoms with Crippen molar-refractivity contribution in [3.8, 4) is 5.69 Å². The van der Waals surface area contributed by atoms with Crippen LogP contribution in [0, 0.1) is 0 Å². The van der Waals surface area contributed by atoms with Crippen LogP contribution in [-0.2, 0) is 0 Å². The highest BCUT2D eigenvalue weighted by atomic mass is 16.1. The van der Waals surface area contributed by atoms with E-state index in [2.05, 4.69) is 24.1 Å². The molecule has 0 saturated carbocycles. The molecule has 4 aromatic rings. The standard InChI is InChI=1S/C25H23N3O2/c1-3-17(2)18-8-12-20(13-9-18)27-24(29)19-10-14-21(15-11-19)28-16-26-23-7-5-4-6-22(23)25(28)30/h4-17H,3H2,1-2H3,(H,27,29). The van der Waals surface area contributed by atoms with Crippen molar-refractivity contribution >= 4 is 22.5 Å². The number of carbonyl (C=O) groups is 1. The molecule has 30 heavy (non-hydrogen) atoms. The van der Waals surface area contributed by atoms with Crippen molar-refractivity contribution in [3.63, 3.8) is 0 Å². The molecule has 0 radical (unpaired) electrons. The van der Waals surface area contributed by atoms with Gasteiger partial charge in [-0.1, -0.05) is 38.1 Å². The van der Waals surface area contributed by atoms with Crippen molar-refractivity contribution in [2.75, 3.05) is 5.32 Å². The van der Waals surface area contributed by atoms with E-state index in [1.54, 1.807) is 30.3 Å². The number of nitrogens with one attached hydrogen (secondary N) is 1. The zero-order chi connectivity index (χ0) is 21.1. The number of amides is 1. The Morgan fingerprint density at radius 3 is 2.40 bits per heavy atom. The zero-order valence-corrected chi connectivity index (χ0v) is 17.0. The number of anilines is 1. The van der Waals surface area contributed by atoms with E-state index in [0.29, 0.717) is 28.1 Å². The summed E-state index contributed by atoms with van der Waals surface area (Å²) in [6.07, 6.45) is 2.59. The molecule has 0 aliphatic rings. The van der Waals surface area contributed by atoms with Gasteiger partial charge in [0.1, 0.15) is 6.33 Å². The molecule has 1 aromatic heterocycles. The second-order valence-corrected chi connectivity index (χ2v) is 7.37. The van der Waals surface area contributed by atoms with Crippen molar-refractivity contribution in [1.29, 1.82) is 0 Å². The number of fused-ring (bicyclic) bond motifs is 1. The van der Waals surface area contributed by atoms with Gasteiger partial charge in [-0.05, 0) is 66.4 Å². The lowest BCUT2D eigenvalue weighted by Gasteiger charge is -2.11. The summed E-state index contributed by atoms with van der Waals surface area (Å²) in [5.74, 6) is 0.303. The maximum atomic E-state index is 12.7. The number of aromatic nitrogens is 2. The summed E-state index contributed by atoms with van der Waals surface area (Å²) in [5.41, 5.74) is 3.72. The van der Waals surface area contributed by atoms with Crippen molar-refractivity contribution in [3.05, 3.63) is 101 Å². The molecular weight excluding hydrogens is 374 g/mol. The molecule has 0 spiro atoms. The number of hydrogen-bond acceptors (Lipinski definition) is 3. The van der Waals surface area contributed by atoms with E-state index in [1.807, 2.05) is 42.5 Å². The van der Waals surface area contributed by atoms with Crippen molar-refractivity contribution in [1.82, 2.24) is 9.55 Å². The first-order valence-corrected chi connectivity index (χ1v) is 10.0. The number of para-hydroxylation sites is 1. The van der Waals surface area contributed by atoms with Crippen LogP contribution in [0.4, 0.5) is 5.69 Å². The van der Waals surface area contributed by atoms with E-state index >= 15 is 0 Å². The third-order valence-corrected chi connectivity index (χ3v) is 5.42. The van der Waals surface area contributed by atoms with Crippen LogP contribution < -0.4 is 10.9 Å². The number of benzene rings is 3. The number of carbonyl (C=O) groups excluding carboxylic acids is 1. The molecular formula is C25H23N3O2. The fraction of sp³-hybridized carbons (Fsp3) is 0.160. The summed E-state index contributed by atoms with van der Waals surface area (Å²) < 4.78 is 1.48. The Kier molecular flexibility index (Phi) is 5.44. The topological polar surface area (TPSA) is 64.0 Å². The Labute approximate surface area is 175 Å². The van der Waals surface area contributed by atoms with Gasteiger partial charge in [0.25, 0.3) is 11.5 Å². The van der Waals surface area contributed by atoms with Crippen LogP contribution in [0.3, 0.4) is 0 Å². The van der Waals surface area contributed by atoms with E-state index < -0.39 is 0 Å². The Morgan fingerprint density at radius 1 is 1.00 bits per heavy atom. The lowest BCUT2D eigenvalue weighted by Crippen LogP contribution is -2.19. The van der Waals surface area contributed by atoms with Gasteiger partial charge >= 0.3 is 0 Å². The van der Waals surface area contributed by atoms with Crippen LogP contribution in [0.5, 0.6) is 0 Å².